The van der Waals surface area contributed by atoms with Gasteiger partial charge in [-0.05, 0) is 18.2 Å². The molecular formula is C12H16N4O3. The molecule has 6 N–H and O–H groups in total. The molecule has 0 aliphatic rings. The lowest BCUT2D eigenvalue weighted by Crippen LogP contribution is -2.49. The number of aliphatic hydroxyl groups excluding tert-OH is 3. The Bertz CT molecular complexity index is 564. The lowest BCUT2D eigenvalue weighted by atomic mass is 10.0. The van der Waals surface area contributed by atoms with Crippen molar-refractivity contribution in [2.45, 2.75) is 5.54 Å². The van der Waals surface area contributed by atoms with Gasteiger partial charge in [0.15, 0.2) is 0 Å². The number of aromatic nitrogens is 2. The first kappa shape index (κ1) is 13.5. The number of nitrogens with two attached hydrogens (primary N) is 1. The minimum atomic E-state index is -1.23. The van der Waals surface area contributed by atoms with Gasteiger partial charge in [0.1, 0.15) is 17.7 Å². The first-order valence-electron chi connectivity index (χ1n) is 5.75. The van der Waals surface area contributed by atoms with Gasteiger partial charge >= 0.3 is 0 Å². The fourth-order valence-electron chi connectivity index (χ4n) is 1.69. The minimum absolute atomic E-state index is 0.419. The van der Waals surface area contributed by atoms with Crippen molar-refractivity contribution in [1.29, 1.82) is 0 Å². The lowest BCUT2D eigenvalue weighted by Gasteiger charge is -2.29. The predicted octanol–water partition coefficient (Wildman–Crippen LogP) is -0.660. The van der Waals surface area contributed by atoms with Gasteiger partial charge in [-0.25, -0.2) is 9.97 Å². The van der Waals surface area contributed by atoms with Gasteiger partial charge in [-0.15, -0.1) is 0 Å². The van der Waals surface area contributed by atoms with Crippen LogP contribution in [0.1, 0.15) is 0 Å². The fourth-order valence-corrected chi connectivity index (χ4v) is 1.69. The van der Waals surface area contributed by atoms with Crippen LogP contribution in [0.3, 0.4) is 0 Å². The molecule has 0 spiro atoms. The molecular weight excluding hydrogens is 248 g/mol. The number of hydrogen-bond donors (Lipinski definition) is 5. The van der Waals surface area contributed by atoms with Gasteiger partial charge in [-0.2, -0.15) is 0 Å². The molecule has 1 aromatic carbocycles. The first-order valence-corrected chi connectivity index (χ1v) is 5.75. The quantitative estimate of drug-likeness (QED) is 0.454. The molecule has 0 aliphatic heterocycles. The number of benzene rings is 1. The molecule has 7 nitrogen and oxygen atoms in total. The number of hydrogen-bond acceptors (Lipinski definition) is 7. The highest BCUT2D eigenvalue weighted by molar-refractivity contribution is 5.90. The zero-order valence-corrected chi connectivity index (χ0v) is 10.2. The molecule has 102 valence electrons. The van der Waals surface area contributed by atoms with Crippen LogP contribution in [0.2, 0.25) is 0 Å². The molecule has 2 aromatic rings. The number of aliphatic hydroxyl groups is 3. The van der Waals surface area contributed by atoms with Crippen molar-refractivity contribution in [3.8, 4) is 0 Å². The molecule has 0 saturated carbocycles. The molecule has 0 atom stereocenters. The third-order valence-electron chi connectivity index (χ3n) is 2.95. The number of nitrogens with zero attached hydrogens (tertiary/aromatic N) is 2. The van der Waals surface area contributed by atoms with E-state index in [9.17, 15) is 15.3 Å². The van der Waals surface area contributed by atoms with Crippen molar-refractivity contribution in [1.82, 2.24) is 9.97 Å². The molecule has 1 heterocycles. The van der Waals surface area contributed by atoms with Crippen LogP contribution in [0.5, 0.6) is 0 Å². The number of rotatable bonds is 5. The number of nitrogen functional groups attached to an aromatic ring is 1. The molecule has 0 bridgehead atoms. The smallest absolute Gasteiger partial charge is 0.137 e. The van der Waals surface area contributed by atoms with Crippen LogP contribution >= 0.6 is 0 Å². The number of fused-ring (bicyclic) bond motifs is 1. The summed E-state index contributed by atoms with van der Waals surface area (Å²) in [5.74, 6) is 0.419. The summed E-state index contributed by atoms with van der Waals surface area (Å²) in [5.41, 5.74) is 5.66. The van der Waals surface area contributed by atoms with E-state index in [1.54, 1.807) is 18.2 Å². The second-order valence-electron chi connectivity index (χ2n) is 4.38. The van der Waals surface area contributed by atoms with Gasteiger partial charge in [-0.3, -0.25) is 0 Å². The average Bonchev–Trinajstić information content (AvgIpc) is 2.44. The van der Waals surface area contributed by atoms with E-state index in [1.807, 2.05) is 0 Å². The number of anilines is 2. The first-order chi connectivity index (χ1) is 9.14. The SMILES string of the molecule is Nc1ccc2c(NC(CO)(CO)CO)ncnc2c1. The highest BCUT2D eigenvalue weighted by Gasteiger charge is 2.28. The molecule has 0 radical (unpaired) electrons. The Morgan fingerprint density at radius 1 is 1.11 bits per heavy atom. The van der Waals surface area contributed by atoms with Crippen LogP contribution < -0.4 is 11.1 Å². The Morgan fingerprint density at radius 2 is 1.79 bits per heavy atom. The van der Waals surface area contributed by atoms with Crippen LogP contribution in [0.4, 0.5) is 11.5 Å². The van der Waals surface area contributed by atoms with E-state index in [0.717, 1.165) is 0 Å². The number of nitrogens with one attached hydrogen (secondary N) is 1. The Hall–Kier alpha value is -1.96. The predicted molar refractivity (Wildman–Crippen MR) is 71.6 cm³/mol. The van der Waals surface area contributed by atoms with E-state index in [2.05, 4.69) is 15.3 Å². The standard InChI is InChI=1S/C12H16N4O3/c13-8-1-2-9-10(3-8)14-7-15-11(9)16-12(4-17,5-18)6-19/h1-3,7,17-19H,4-6,13H2,(H,14,15,16). The van der Waals surface area contributed by atoms with Crippen LogP contribution in [0, 0.1) is 0 Å². The molecule has 19 heavy (non-hydrogen) atoms. The van der Waals surface area contributed by atoms with Gasteiger partial charge in [0.25, 0.3) is 0 Å². The van der Waals surface area contributed by atoms with E-state index in [1.165, 1.54) is 6.33 Å². The summed E-state index contributed by atoms with van der Waals surface area (Å²) in [6.07, 6.45) is 1.35. The van der Waals surface area contributed by atoms with E-state index in [0.29, 0.717) is 22.4 Å². The maximum atomic E-state index is 9.31. The van der Waals surface area contributed by atoms with E-state index in [-0.39, 0.29) is 0 Å². The summed E-state index contributed by atoms with van der Waals surface area (Å²) < 4.78 is 0. The molecule has 0 saturated heterocycles. The molecule has 0 amide bonds. The largest absolute Gasteiger partial charge is 0.399 e. The second-order valence-corrected chi connectivity index (χ2v) is 4.38. The molecule has 1 aromatic heterocycles. The lowest BCUT2D eigenvalue weighted by molar-refractivity contribution is 0.0832. The van der Waals surface area contributed by atoms with Crippen molar-refractivity contribution >= 4 is 22.4 Å². The summed E-state index contributed by atoms with van der Waals surface area (Å²) in [6, 6.07) is 5.14. The molecule has 0 fully saturated rings. The monoisotopic (exact) mass is 264 g/mol. The Morgan fingerprint density at radius 3 is 2.42 bits per heavy atom. The summed E-state index contributed by atoms with van der Waals surface area (Å²) in [6.45, 7) is -1.29. The van der Waals surface area contributed by atoms with E-state index in [4.69, 9.17) is 5.73 Å². The maximum absolute atomic E-state index is 9.31. The normalized spacial score (nSPS) is 11.7. The second kappa shape index (κ2) is 5.35. The maximum Gasteiger partial charge on any atom is 0.137 e. The topological polar surface area (TPSA) is 125 Å². The van der Waals surface area contributed by atoms with Crippen LogP contribution in [-0.4, -0.2) is 50.6 Å². The third kappa shape index (κ3) is 2.58. The van der Waals surface area contributed by atoms with Gasteiger partial charge in [0, 0.05) is 11.1 Å². The van der Waals surface area contributed by atoms with Gasteiger partial charge < -0.3 is 26.4 Å². The van der Waals surface area contributed by atoms with Crippen molar-refractivity contribution in [3.63, 3.8) is 0 Å². The van der Waals surface area contributed by atoms with E-state index >= 15 is 0 Å². The molecule has 0 aliphatic carbocycles. The zero-order valence-electron chi connectivity index (χ0n) is 10.2. The highest BCUT2D eigenvalue weighted by atomic mass is 16.3. The Kier molecular flexibility index (Phi) is 3.79. The van der Waals surface area contributed by atoms with Crippen LogP contribution in [-0.2, 0) is 0 Å². The van der Waals surface area contributed by atoms with Crippen LogP contribution in [0.25, 0.3) is 10.9 Å². The fraction of sp³-hybridized carbons (Fsp3) is 0.333. The average molecular weight is 264 g/mol. The highest BCUT2D eigenvalue weighted by Crippen LogP contribution is 2.23. The van der Waals surface area contributed by atoms with E-state index < -0.39 is 25.4 Å². The molecule has 0 unspecified atom stereocenters. The Labute approximate surface area is 109 Å². The molecule has 2 rings (SSSR count). The van der Waals surface area contributed by atoms with Crippen LogP contribution in [0.15, 0.2) is 24.5 Å². The van der Waals surface area contributed by atoms with Crippen molar-refractivity contribution in [2.75, 3.05) is 30.9 Å². The summed E-state index contributed by atoms with van der Waals surface area (Å²) in [7, 11) is 0. The van der Waals surface area contributed by atoms with Crippen molar-refractivity contribution < 1.29 is 15.3 Å². The third-order valence-corrected chi connectivity index (χ3v) is 2.95. The van der Waals surface area contributed by atoms with Gasteiger partial charge in [-0.1, -0.05) is 0 Å². The van der Waals surface area contributed by atoms with Crippen molar-refractivity contribution in [3.05, 3.63) is 24.5 Å². The minimum Gasteiger partial charge on any atom is -0.399 e. The summed E-state index contributed by atoms with van der Waals surface area (Å²) >= 11 is 0. The van der Waals surface area contributed by atoms with Gasteiger partial charge in [0.2, 0.25) is 0 Å². The zero-order chi connectivity index (χ0) is 13.9. The van der Waals surface area contributed by atoms with Gasteiger partial charge in [0.05, 0.1) is 25.3 Å². The summed E-state index contributed by atoms with van der Waals surface area (Å²) in [5, 5.41) is 31.5. The van der Waals surface area contributed by atoms with Crippen molar-refractivity contribution in [2.24, 2.45) is 0 Å². The Balaban J connectivity index is 2.45. The molecule has 7 heteroatoms. The summed E-state index contributed by atoms with van der Waals surface area (Å²) in [4.78, 5) is 8.16.